The minimum absolute atomic E-state index is 0.234. The van der Waals surface area contributed by atoms with Crippen LogP contribution in [0.4, 0.5) is 5.82 Å². The quantitative estimate of drug-likeness (QED) is 0.600. The van der Waals surface area contributed by atoms with Crippen LogP contribution in [0.5, 0.6) is 5.75 Å². The summed E-state index contributed by atoms with van der Waals surface area (Å²) in [5.74, 6) is 1.01. The second-order valence-electron chi connectivity index (χ2n) is 6.02. The van der Waals surface area contributed by atoms with Crippen molar-refractivity contribution in [2.24, 2.45) is 0 Å². The van der Waals surface area contributed by atoms with Crippen LogP contribution in [0.15, 0.2) is 60.7 Å². The molecule has 1 amide bonds. The highest BCUT2D eigenvalue weighted by molar-refractivity contribution is 6.06. The van der Waals surface area contributed by atoms with E-state index in [0.717, 1.165) is 27.6 Å². The van der Waals surface area contributed by atoms with E-state index >= 15 is 0 Å². The lowest BCUT2D eigenvalue weighted by molar-refractivity contribution is 0.102. The van der Waals surface area contributed by atoms with Crippen LogP contribution in [0.2, 0.25) is 0 Å². The Balaban J connectivity index is 1.69. The van der Waals surface area contributed by atoms with Crippen molar-refractivity contribution >= 4 is 33.5 Å². The molecule has 0 bridgehead atoms. The Kier molecular flexibility index (Phi) is 3.97. The van der Waals surface area contributed by atoms with E-state index in [1.807, 2.05) is 61.5 Å². The Hall–Kier alpha value is -3.47. The molecule has 5 nitrogen and oxygen atoms in total. The van der Waals surface area contributed by atoms with Gasteiger partial charge in [-0.15, -0.1) is 0 Å². The van der Waals surface area contributed by atoms with Crippen LogP contribution in [-0.2, 0) is 0 Å². The van der Waals surface area contributed by atoms with Crippen molar-refractivity contribution in [2.45, 2.75) is 6.92 Å². The van der Waals surface area contributed by atoms with Gasteiger partial charge in [-0.2, -0.15) is 0 Å². The maximum absolute atomic E-state index is 12.7. The molecule has 2 aromatic heterocycles. The Labute approximate surface area is 150 Å². The molecule has 0 atom stereocenters. The van der Waals surface area contributed by atoms with E-state index < -0.39 is 0 Å². The molecule has 26 heavy (non-hydrogen) atoms. The second kappa shape index (κ2) is 6.44. The van der Waals surface area contributed by atoms with Crippen LogP contribution in [0.25, 0.3) is 21.8 Å². The predicted molar refractivity (Wildman–Crippen MR) is 103 cm³/mol. The Bertz CT molecular complexity index is 1140. The van der Waals surface area contributed by atoms with Crippen molar-refractivity contribution in [1.82, 2.24) is 9.97 Å². The van der Waals surface area contributed by atoms with Gasteiger partial charge in [0.05, 0.1) is 29.4 Å². The zero-order valence-electron chi connectivity index (χ0n) is 14.5. The SMILES string of the molecule is COc1ccc2nc(C)c(C(=O)Nc3ccc4ccccc4n3)cc2c1. The minimum atomic E-state index is -0.234. The number of nitrogens with zero attached hydrogens (tertiary/aromatic N) is 2. The second-order valence-corrected chi connectivity index (χ2v) is 6.02. The number of carbonyl (C=O) groups is 1. The lowest BCUT2D eigenvalue weighted by Crippen LogP contribution is -2.15. The van der Waals surface area contributed by atoms with Gasteiger partial charge in [0, 0.05) is 10.8 Å². The van der Waals surface area contributed by atoms with E-state index in [9.17, 15) is 4.79 Å². The molecule has 0 saturated heterocycles. The summed E-state index contributed by atoms with van der Waals surface area (Å²) in [6.45, 7) is 1.83. The van der Waals surface area contributed by atoms with Gasteiger partial charge < -0.3 is 10.1 Å². The summed E-state index contributed by atoms with van der Waals surface area (Å²) in [7, 11) is 1.61. The number of fused-ring (bicyclic) bond motifs is 2. The molecule has 0 aliphatic heterocycles. The number of para-hydroxylation sites is 1. The third kappa shape index (κ3) is 2.95. The molecular formula is C21H17N3O2. The molecule has 2 heterocycles. The van der Waals surface area contributed by atoms with Crippen LogP contribution in [0.3, 0.4) is 0 Å². The number of hydrogen-bond donors (Lipinski definition) is 1. The highest BCUT2D eigenvalue weighted by Gasteiger charge is 2.13. The highest BCUT2D eigenvalue weighted by atomic mass is 16.5. The normalized spacial score (nSPS) is 10.8. The third-order valence-corrected chi connectivity index (χ3v) is 4.30. The van der Waals surface area contributed by atoms with Crippen LogP contribution >= 0.6 is 0 Å². The average Bonchev–Trinajstić information content (AvgIpc) is 2.67. The van der Waals surface area contributed by atoms with E-state index in [-0.39, 0.29) is 5.91 Å². The first kappa shape index (κ1) is 16.0. The monoisotopic (exact) mass is 343 g/mol. The average molecular weight is 343 g/mol. The molecule has 128 valence electrons. The molecule has 0 aliphatic rings. The van der Waals surface area contributed by atoms with Crippen molar-refractivity contribution in [3.63, 3.8) is 0 Å². The Morgan fingerprint density at radius 2 is 1.73 bits per heavy atom. The zero-order valence-corrected chi connectivity index (χ0v) is 14.5. The van der Waals surface area contributed by atoms with Gasteiger partial charge in [0.2, 0.25) is 0 Å². The maximum Gasteiger partial charge on any atom is 0.258 e. The molecule has 0 aliphatic carbocycles. The molecule has 4 aromatic rings. The number of nitrogens with one attached hydrogen (secondary N) is 1. The highest BCUT2D eigenvalue weighted by Crippen LogP contribution is 2.23. The van der Waals surface area contributed by atoms with Crippen LogP contribution in [0.1, 0.15) is 16.1 Å². The molecule has 0 radical (unpaired) electrons. The number of hydrogen-bond acceptors (Lipinski definition) is 4. The first-order valence-electron chi connectivity index (χ1n) is 8.26. The summed E-state index contributed by atoms with van der Waals surface area (Å²) in [5, 5.41) is 4.75. The molecule has 5 heteroatoms. The molecule has 2 aromatic carbocycles. The number of rotatable bonds is 3. The summed E-state index contributed by atoms with van der Waals surface area (Å²) in [6, 6.07) is 19.0. The largest absolute Gasteiger partial charge is 0.497 e. The first-order chi connectivity index (χ1) is 12.6. The van der Waals surface area contributed by atoms with Gasteiger partial charge in [0.15, 0.2) is 0 Å². The minimum Gasteiger partial charge on any atom is -0.497 e. The zero-order chi connectivity index (χ0) is 18.1. The van der Waals surface area contributed by atoms with Crippen LogP contribution in [-0.4, -0.2) is 23.0 Å². The predicted octanol–water partition coefficient (Wildman–Crippen LogP) is 4.35. The summed E-state index contributed by atoms with van der Waals surface area (Å²) >= 11 is 0. The summed E-state index contributed by atoms with van der Waals surface area (Å²) in [5.41, 5.74) is 2.84. The lowest BCUT2D eigenvalue weighted by Gasteiger charge is -2.10. The Morgan fingerprint density at radius 3 is 2.58 bits per heavy atom. The number of methoxy groups -OCH3 is 1. The third-order valence-electron chi connectivity index (χ3n) is 4.30. The molecule has 4 rings (SSSR count). The molecule has 0 spiro atoms. The number of ether oxygens (including phenoxy) is 1. The topological polar surface area (TPSA) is 64.1 Å². The van der Waals surface area contributed by atoms with E-state index in [1.165, 1.54) is 0 Å². The van der Waals surface area contributed by atoms with Crippen molar-refractivity contribution in [3.8, 4) is 5.75 Å². The fourth-order valence-electron chi connectivity index (χ4n) is 2.93. The number of aromatic nitrogens is 2. The van der Waals surface area contributed by atoms with Gasteiger partial charge >= 0.3 is 0 Å². The van der Waals surface area contributed by atoms with Crippen molar-refractivity contribution < 1.29 is 9.53 Å². The molecule has 1 N–H and O–H groups in total. The van der Waals surface area contributed by atoms with E-state index in [2.05, 4.69) is 15.3 Å². The lowest BCUT2D eigenvalue weighted by atomic mass is 10.1. The van der Waals surface area contributed by atoms with Crippen molar-refractivity contribution in [2.75, 3.05) is 12.4 Å². The summed E-state index contributed by atoms with van der Waals surface area (Å²) in [4.78, 5) is 21.8. The van der Waals surface area contributed by atoms with Gasteiger partial charge in [-0.1, -0.05) is 18.2 Å². The number of aryl methyl sites for hydroxylation is 1. The van der Waals surface area contributed by atoms with Crippen LogP contribution in [0, 0.1) is 6.92 Å². The standard InChI is InChI=1S/C21H17N3O2/c1-13-17(12-15-11-16(26-2)8-9-19(15)22-13)21(25)24-20-10-7-14-5-3-4-6-18(14)23-20/h3-12H,1-2H3,(H,23,24,25). The fraction of sp³-hybridized carbons (Fsp3) is 0.0952. The summed E-state index contributed by atoms with van der Waals surface area (Å²) < 4.78 is 5.25. The Morgan fingerprint density at radius 1 is 0.923 bits per heavy atom. The van der Waals surface area contributed by atoms with Gasteiger partial charge in [-0.05, 0) is 49.4 Å². The molecule has 0 unspecified atom stereocenters. The maximum atomic E-state index is 12.7. The number of pyridine rings is 2. The molecule has 0 saturated carbocycles. The van der Waals surface area contributed by atoms with Gasteiger partial charge in [0.1, 0.15) is 11.6 Å². The van der Waals surface area contributed by atoms with Crippen molar-refractivity contribution in [1.29, 1.82) is 0 Å². The van der Waals surface area contributed by atoms with Crippen molar-refractivity contribution in [3.05, 3.63) is 71.9 Å². The van der Waals surface area contributed by atoms with Crippen LogP contribution < -0.4 is 10.1 Å². The number of amides is 1. The molecular weight excluding hydrogens is 326 g/mol. The van der Waals surface area contributed by atoms with Gasteiger partial charge in [0.25, 0.3) is 5.91 Å². The van der Waals surface area contributed by atoms with E-state index in [1.54, 1.807) is 13.2 Å². The summed E-state index contributed by atoms with van der Waals surface area (Å²) in [6.07, 6.45) is 0. The van der Waals surface area contributed by atoms with E-state index in [0.29, 0.717) is 17.1 Å². The number of anilines is 1. The smallest absolute Gasteiger partial charge is 0.258 e. The number of carbonyl (C=O) groups excluding carboxylic acids is 1. The number of benzene rings is 2. The van der Waals surface area contributed by atoms with Gasteiger partial charge in [-0.25, -0.2) is 4.98 Å². The molecule has 0 fully saturated rings. The fourth-order valence-corrected chi connectivity index (χ4v) is 2.93. The van der Waals surface area contributed by atoms with Gasteiger partial charge in [-0.3, -0.25) is 9.78 Å². The van der Waals surface area contributed by atoms with E-state index in [4.69, 9.17) is 4.74 Å². The first-order valence-corrected chi connectivity index (χ1v) is 8.26.